The molecule has 0 saturated carbocycles. The number of hydrogen-bond acceptors (Lipinski definition) is 4. The first-order chi connectivity index (χ1) is 13.7. The van der Waals surface area contributed by atoms with Gasteiger partial charge in [-0.2, -0.15) is 0 Å². The molecular formula is C21H20ClN5O. The number of carbonyl (C=O) groups is 1. The van der Waals surface area contributed by atoms with Crippen molar-refractivity contribution < 1.29 is 4.79 Å². The van der Waals surface area contributed by atoms with Gasteiger partial charge in [0.1, 0.15) is 5.69 Å². The summed E-state index contributed by atoms with van der Waals surface area (Å²) < 4.78 is 0. The molecule has 1 aliphatic rings. The average Bonchev–Trinajstić information content (AvgIpc) is 3.25. The van der Waals surface area contributed by atoms with Crippen molar-refractivity contribution in [2.45, 2.75) is 12.8 Å². The summed E-state index contributed by atoms with van der Waals surface area (Å²) in [5.41, 5.74) is 3.09. The Bertz CT molecular complexity index is 971. The van der Waals surface area contributed by atoms with E-state index in [2.05, 4.69) is 25.5 Å². The van der Waals surface area contributed by atoms with E-state index < -0.39 is 0 Å². The van der Waals surface area contributed by atoms with Crippen molar-refractivity contribution >= 4 is 34.8 Å². The molecule has 3 aromatic rings. The van der Waals surface area contributed by atoms with Gasteiger partial charge >= 0.3 is 6.03 Å². The first-order valence-electron chi connectivity index (χ1n) is 9.19. The Morgan fingerprint density at radius 1 is 0.929 bits per heavy atom. The van der Waals surface area contributed by atoms with Gasteiger partial charge in [0.25, 0.3) is 0 Å². The molecule has 2 amide bonds. The molecule has 142 valence electrons. The lowest BCUT2D eigenvalue weighted by atomic mass is 10.1. The van der Waals surface area contributed by atoms with E-state index >= 15 is 0 Å². The van der Waals surface area contributed by atoms with Crippen LogP contribution in [0.15, 0.2) is 60.9 Å². The van der Waals surface area contributed by atoms with Gasteiger partial charge in [-0.1, -0.05) is 23.7 Å². The topological polar surface area (TPSA) is 70.1 Å². The fraction of sp³-hybridized carbons (Fsp3) is 0.190. The zero-order valence-electron chi connectivity index (χ0n) is 15.2. The third-order valence-electron chi connectivity index (χ3n) is 4.58. The van der Waals surface area contributed by atoms with Crippen molar-refractivity contribution in [3.8, 4) is 11.3 Å². The van der Waals surface area contributed by atoms with Crippen LogP contribution in [0.4, 0.5) is 22.0 Å². The van der Waals surface area contributed by atoms with E-state index in [-0.39, 0.29) is 6.03 Å². The van der Waals surface area contributed by atoms with Gasteiger partial charge in [-0.15, -0.1) is 0 Å². The number of benzene rings is 2. The van der Waals surface area contributed by atoms with Crippen molar-refractivity contribution in [3.63, 3.8) is 0 Å². The Morgan fingerprint density at radius 3 is 2.43 bits per heavy atom. The van der Waals surface area contributed by atoms with Crippen LogP contribution < -0.4 is 15.5 Å². The van der Waals surface area contributed by atoms with Crippen LogP contribution in [0.25, 0.3) is 11.3 Å². The van der Waals surface area contributed by atoms with Gasteiger partial charge in [0.15, 0.2) is 5.82 Å². The van der Waals surface area contributed by atoms with Crippen LogP contribution in [0.1, 0.15) is 12.8 Å². The zero-order chi connectivity index (χ0) is 19.3. The molecular weight excluding hydrogens is 374 g/mol. The van der Waals surface area contributed by atoms with Crippen molar-refractivity contribution in [2.75, 3.05) is 28.6 Å². The Kier molecular flexibility index (Phi) is 5.39. The highest BCUT2D eigenvalue weighted by molar-refractivity contribution is 6.30. The molecule has 0 spiro atoms. The van der Waals surface area contributed by atoms with Gasteiger partial charge in [-0.25, -0.2) is 9.78 Å². The quantitative estimate of drug-likeness (QED) is 0.651. The predicted molar refractivity (Wildman–Crippen MR) is 113 cm³/mol. The predicted octanol–water partition coefficient (Wildman–Crippen LogP) is 5.04. The van der Waals surface area contributed by atoms with E-state index in [1.807, 2.05) is 24.3 Å². The highest BCUT2D eigenvalue weighted by Gasteiger charge is 2.19. The van der Waals surface area contributed by atoms with Crippen molar-refractivity contribution in [2.24, 2.45) is 0 Å². The van der Waals surface area contributed by atoms with Gasteiger partial charge in [0.05, 0.1) is 0 Å². The lowest BCUT2D eigenvalue weighted by Gasteiger charge is -2.19. The molecule has 2 N–H and O–H groups in total. The lowest BCUT2D eigenvalue weighted by Crippen LogP contribution is -2.20. The molecule has 1 aliphatic heterocycles. The number of anilines is 3. The van der Waals surface area contributed by atoms with Crippen molar-refractivity contribution in [3.05, 3.63) is 65.9 Å². The number of nitrogens with zero attached hydrogens (tertiary/aromatic N) is 3. The molecule has 0 atom stereocenters. The van der Waals surface area contributed by atoms with Gasteiger partial charge in [0.2, 0.25) is 0 Å². The Morgan fingerprint density at radius 2 is 1.64 bits per heavy atom. The molecule has 0 radical (unpaired) electrons. The molecule has 0 unspecified atom stereocenters. The summed E-state index contributed by atoms with van der Waals surface area (Å²) in [5, 5.41) is 6.27. The summed E-state index contributed by atoms with van der Waals surface area (Å²) in [6.07, 6.45) is 5.76. The number of carbonyl (C=O) groups excluding carboxylic acids is 1. The van der Waals surface area contributed by atoms with Crippen LogP contribution in [0, 0.1) is 0 Å². The monoisotopic (exact) mass is 393 g/mol. The summed E-state index contributed by atoms with van der Waals surface area (Å²) in [6.45, 7) is 1.99. The molecule has 28 heavy (non-hydrogen) atoms. The maximum absolute atomic E-state index is 12.3. The molecule has 0 aliphatic carbocycles. The number of aromatic nitrogens is 2. The molecule has 2 heterocycles. The summed E-state index contributed by atoms with van der Waals surface area (Å²) in [6, 6.07) is 14.3. The van der Waals surface area contributed by atoms with E-state index in [4.69, 9.17) is 11.6 Å². The third-order valence-corrected chi connectivity index (χ3v) is 4.83. The second-order valence-electron chi connectivity index (χ2n) is 6.59. The first-order valence-corrected chi connectivity index (χ1v) is 9.57. The van der Waals surface area contributed by atoms with Crippen LogP contribution in [0.2, 0.25) is 5.02 Å². The Labute approximate surface area is 168 Å². The highest BCUT2D eigenvalue weighted by atomic mass is 35.5. The van der Waals surface area contributed by atoms with Crippen LogP contribution in [0.5, 0.6) is 0 Å². The van der Waals surface area contributed by atoms with E-state index in [9.17, 15) is 4.79 Å². The van der Waals surface area contributed by atoms with Crippen molar-refractivity contribution in [1.29, 1.82) is 0 Å². The standard InChI is InChI=1S/C21H20ClN5O/c22-16-6-8-17(9-7-16)25-21(28)26-18-5-3-4-15(14-18)19-20(24-11-10-23-19)27-12-1-2-13-27/h3-11,14H,1-2,12-13H2,(H2,25,26,28). The summed E-state index contributed by atoms with van der Waals surface area (Å²) in [5.74, 6) is 0.891. The molecule has 7 heteroatoms. The number of nitrogens with one attached hydrogen (secondary N) is 2. The van der Waals surface area contributed by atoms with Gasteiger partial charge < -0.3 is 15.5 Å². The number of rotatable bonds is 4. The average molecular weight is 394 g/mol. The zero-order valence-corrected chi connectivity index (χ0v) is 16.0. The number of hydrogen-bond donors (Lipinski definition) is 2. The normalized spacial score (nSPS) is 13.4. The fourth-order valence-electron chi connectivity index (χ4n) is 3.27. The van der Waals surface area contributed by atoms with Crippen LogP contribution >= 0.6 is 11.6 Å². The highest BCUT2D eigenvalue weighted by Crippen LogP contribution is 2.30. The van der Waals surface area contributed by atoms with E-state index in [0.717, 1.165) is 30.2 Å². The van der Waals surface area contributed by atoms with Crippen LogP contribution in [0.3, 0.4) is 0 Å². The smallest absolute Gasteiger partial charge is 0.323 e. The third kappa shape index (κ3) is 4.23. The molecule has 0 bridgehead atoms. The number of halogens is 1. The Hall–Kier alpha value is -3.12. The number of urea groups is 1. The second-order valence-corrected chi connectivity index (χ2v) is 7.03. The van der Waals surface area contributed by atoms with E-state index in [0.29, 0.717) is 16.4 Å². The molecule has 4 rings (SSSR count). The first kappa shape index (κ1) is 18.3. The Balaban J connectivity index is 1.52. The molecule has 1 aromatic heterocycles. The van der Waals surface area contributed by atoms with Gasteiger partial charge in [-0.3, -0.25) is 4.98 Å². The molecule has 2 aromatic carbocycles. The second kappa shape index (κ2) is 8.27. The summed E-state index contributed by atoms with van der Waals surface area (Å²) in [7, 11) is 0. The summed E-state index contributed by atoms with van der Waals surface area (Å²) >= 11 is 5.87. The van der Waals surface area contributed by atoms with Crippen molar-refractivity contribution in [1.82, 2.24) is 9.97 Å². The fourth-order valence-corrected chi connectivity index (χ4v) is 3.39. The SMILES string of the molecule is O=C(Nc1ccc(Cl)cc1)Nc1cccc(-c2nccnc2N2CCCC2)c1. The van der Waals surface area contributed by atoms with E-state index in [1.165, 1.54) is 12.8 Å². The minimum absolute atomic E-state index is 0.321. The van der Waals surface area contributed by atoms with Crippen LogP contribution in [-0.2, 0) is 0 Å². The summed E-state index contributed by atoms with van der Waals surface area (Å²) in [4.78, 5) is 23.6. The van der Waals surface area contributed by atoms with Gasteiger partial charge in [0, 0.05) is 47.4 Å². The minimum atomic E-state index is -0.321. The number of amides is 2. The van der Waals surface area contributed by atoms with E-state index in [1.54, 1.807) is 36.7 Å². The minimum Gasteiger partial charge on any atom is -0.355 e. The van der Waals surface area contributed by atoms with Crippen LogP contribution in [-0.4, -0.2) is 29.1 Å². The lowest BCUT2D eigenvalue weighted by molar-refractivity contribution is 0.262. The maximum atomic E-state index is 12.3. The molecule has 6 nitrogen and oxygen atoms in total. The van der Waals surface area contributed by atoms with Gasteiger partial charge in [-0.05, 0) is 49.2 Å². The largest absolute Gasteiger partial charge is 0.355 e. The maximum Gasteiger partial charge on any atom is 0.323 e. The molecule has 1 saturated heterocycles. The molecule has 1 fully saturated rings.